The molecule has 0 spiro atoms. The molecule has 0 N–H and O–H groups in total. The fraction of sp³-hybridized carbons (Fsp3) is 0.750. The highest BCUT2D eigenvalue weighted by atomic mass is 127. The first-order valence-corrected chi connectivity index (χ1v) is 4.03. The molecule has 3 heteroatoms. The van der Waals surface area contributed by atoms with Crippen molar-refractivity contribution in [3.8, 4) is 0 Å². The molecule has 0 aromatic rings. The Kier molecular flexibility index (Phi) is 5.72. The number of halogens is 1. The van der Waals surface area contributed by atoms with Gasteiger partial charge in [-0.1, -0.05) is 6.92 Å². The van der Waals surface area contributed by atoms with E-state index in [4.69, 9.17) is 0 Å². The average Bonchev–Trinajstić information content (AvgIpc) is 2.37. The van der Waals surface area contributed by atoms with E-state index in [-0.39, 0.29) is 24.0 Å². The van der Waals surface area contributed by atoms with Crippen molar-refractivity contribution in [2.24, 2.45) is 0 Å². The monoisotopic (exact) mass is 268 g/mol. The molecular formula is C8H17IN2. The van der Waals surface area contributed by atoms with E-state index in [0.29, 0.717) is 0 Å². The second kappa shape index (κ2) is 5.69. The molecule has 1 rings (SSSR count). The van der Waals surface area contributed by atoms with E-state index in [1.165, 1.54) is 13.0 Å². The normalized spacial score (nSPS) is 15.5. The van der Waals surface area contributed by atoms with Gasteiger partial charge in [0.2, 0.25) is 0 Å². The van der Waals surface area contributed by atoms with Gasteiger partial charge in [-0.25, -0.2) is 0 Å². The molecule has 0 unspecified atom stereocenters. The van der Waals surface area contributed by atoms with Crippen molar-refractivity contribution in [1.82, 2.24) is 9.80 Å². The van der Waals surface area contributed by atoms with Gasteiger partial charge >= 0.3 is 0 Å². The van der Waals surface area contributed by atoms with Crippen LogP contribution < -0.4 is 0 Å². The Bertz CT molecular complexity index is 125. The summed E-state index contributed by atoms with van der Waals surface area (Å²) in [6.07, 6.45) is 5.57. The highest BCUT2D eigenvalue weighted by Crippen LogP contribution is 2.05. The maximum absolute atomic E-state index is 2.34. The number of rotatable bonds is 3. The Hall–Kier alpha value is 0.0700. The molecule has 0 aromatic carbocycles. The van der Waals surface area contributed by atoms with Gasteiger partial charge < -0.3 is 9.80 Å². The zero-order valence-corrected chi connectivity index (χ0v) is 9.62. The molecule has 0 aromatic heterocycles. The molecular weight excluding hydrogens is 251 g/mol. The van der Waals surface area contributed by atoms with Crippen molar-refractivity contribution in [2.75, 3.05) is 19.8 Å². The lowest BCUT2D eigenvalue weighted by Gasteiger charge is -2.18. The lowest BCUT2D eigenvalue weighted by molar-refractivity contribution is 0.273. The van der Waals surface area contributed by atoms with E-state index < -0.39 is 0 Å². The molecule has 66 valence electrons. The molecule has 1 heterocycles. The number of nitrogens with zero attached hydrogens (tertiary/aromatic N) is 2. The fourth-order valence-corrected chi connectivity index (χ4v) is 1.15. The van der Waals surface area contributed by atoms with E-state index in [1.807, 2.05) is 0 Å². The van der Waals surface area contributed by atoms with E-state index in [9.17, 15) is 0 Å². The third-order valence-electron chi connectivity index (χ3n) is 1.77. The third-order valence-corrected chi connectivity index (χ3v) is 1.77. The lowest BCUT2D eigenvalue weighted by atomic mass is 10.4. The first-order chi connectivity index (χ1) is 4.86. The predicted molar refractivity (Wildman–Crippen MR) is 58.8 cm³/mol. The van der Waals surface area contributed by atoms with E-state index in [2.05, 4.69) is 36.0 Å². The molecule has 0 atom stereocenters. The smallest absolute Gasteiger partial charge is 0.0893 e. The van der Waals surface area contributed by atoms with Crippen LogP contribution in [-0.2, 0) is 0 Å². The van der Waals surface area contributed by atoms with Crippen LogP contribution in [0.4, 0.5) is 0 Å². The Labute approximate surface area is 86.3 Å². The maximum Gasteiger partial charge on any atom is 0.0893 e. The Morgan fingerprint density at radius 2 is 1.82 bits per heavy atom. The molecule has 1 aliphatic heterocycles. The largest absolute Gasteiger partial charge is 0.359 e. The van der Waals surface area contributed by atoms with Gasteiger partial charge in [-0.15, -0.1) is 24.0 Å². The first kappa shape index (κ1) is 11.1. The first-order valence-electron chi connectivity index (χ1n) is 4.03. The van der Waals surface area contributed by atoms with Crippen molar-refractivity contribution in [2.45, 2.75) is 20.3 Å². The summed E-state index contributed by atoms with van der Waals surface area (Å²) in [5.74, 6) is 0. The minimum Gasteiger partial charge on any atom is -0.359 e. The van der Waals surface area contributed by atoms with E-state index in [0.717, 1.165) is 13.2 Å². The van der Waals surface area contributed by atoms with Gasteiger partial charge in [0.05, 0.1) is 6.67 Å². The summed E-state index contributed by atoms with van der Waals surface area (Å²) in [5.41, 5.74) is 0. The summed E-state index contributed by atoms with van der Waals surface area (Å²) < 4.78 is 0. The van der Waals surface area contributed by atoms with Gasteiger partial charge in [0.15, 0.2) is 0 Å². The second-order valence-electron chi connectivity index (χ2n) is 2.66. The molecule has 11 heavy (non-hydrogen) atoms. The maximum atomic E-state index is 2.34. The molecule has 0 aliphatic carbocycles. The molecule has 2 nitrogen and oxygen atoms in total. The van der Waals surface area contributed by atoms with Crippen molar-refractivity contribution < 1.29 is 0 Å². The minimum atomic E-state index is 0. The zero-order valence-electron chi connectivity index (χ0n) is 7.29. The molecule has 0 saturated carbocycles. The lowest BCUT2D eigenvalue weighted by Crippen LogP contribution is -2.25. The Morgan fingerprint density at radius 1 is 1.18 bits per heavy atom. The molecule has 0 amide bonds. The Morgan fingerprint density at radius 3 is 2.27 bits per heavy atom. The van der Waals surface area contributed by atoms with Crippen LogP contribution in [0, 0.1) is 0 Å². The topological polar surface area (TPSA) is 6.48 Å². The average molecular weight is 268 g/mol. The van der Waals surface area contributed by atoms with E-state index in [1.54, 1.807) is 0 Å². The van der Waals surface area contributed by atoms with Crippen molar-refractivity contribution in [3.05, 3.63) is 12.4 Å². The van der Waals surface area contributed by atoms with Crippen LogP contribution >= 0.6 is 24.0 Å². The van der Waals surface area contributed by atoms with Crippen LogP contribution in [0.1, 0.15) is 20.3 Å². The van der Waals surface area contributed by atoms with Crippen LogP contribution in [0.2, 0.25) is 0 Å². The van der Waals surface area contributed by atoms with Gasteiger partial charge in [0.25, 0.3) is 0 Å². The van der Waals surface area contributed by atoms with E-state index >= 15 is 0 Å². The molecule has 1 aliphatic rings. The predicted octanol–water partition coefficient (Wildman–Crippen LogP) is 2.08. The van der Waals surface area contributed by atoms with Gasteiger partial charge in [-0.2, -0.15) is 0 Å². The summed E-state index contributed by atoms with van der Waals surface area (Å²) in [4.78, 5) is 4.64. The zero-order chi connectivity index (χ0) is 7.40. The summed E-state index contributed by atoms with van der Waals surface area (Å²) in [6, 6.07) is 0. The van der Waals surface area contributed by atoms with Gasteiger partial charge in [-0.3, -0.25) is 0 Å². The van der Waals surface area contributed by atoms with Crippen molar-refractivity contribution in [3.63, 3.8) is 0 Å². The molecule has 0 saturated heterocycles. The third kappa shape index (κ3) is 3.31. The van der Waals surface area contributed by atoms with Crippen molar-refractivity contribution >= 4 is 24.0 Å². The number of hydrogen-bond donors (Lipinski definition) is 0. The van der Waals surface area contributed by atoms with Crippen LogP contribution in [0.25, 0.3) is 0 Å². The summed E-state index contributed by atoms with van der Waals surface area (Å²) in [5, 5.41) is 0. The molecule has 0 radical (unpaired) electrons. The number of hydrogen-bond acceptors (Lipinski definition) is 2. The van der Waals surface area contributed by atoms with Crippen LogP contribution in [-0.4, -0.2) is 29.6 Å². The van der Waals surface area contributed by atoms with Gasteiger partial charge in [0.1, 0.15) is 0 Å². The van der Waals surface area contributed by atoms with Gasteiger partial charge in [0, 0.05) is 25.5 Å². The van der Waals surface area contributed by atoms with Crippen LogP contribution in [0.5, 0.6) is 0 Å². The summed E-state index contributed by atoms with van der Waals surface area (Å²) >= 11 is 0. The molecule has 0 bridgehead atoms. The summed E-state index contributed by atoms with van der Waals surface area (Å²) in [6.45, 7) is 7.79. The van der Waals surface area contributed by atoms with Crippen molar-refractivity contribution in [1.29, 1.82) is 0 Å². The highest BCUT2D eigenvalue weighted by molar-refractivity contribution is 14.0. The highest BCUT2D eigenvalue weighted by Gasteiger charge is 2.07. The SMILES string of the molecule is CCCN1C=CN(CC)C1.I. The van der Waals surface area contributed by atoms with Crippen LogP contribution in [0.15, 0.2) is 12.4 Å². The summed E-state index contributed by atoms with van der Waals surface area (Å²) in [7, 11) is 0. The van der Waals surface area contributed by atoms with Gasteiger partial charge in [-0.05, 0) is 13.3 Å². The quantitative estimate of drug-likeness (QED) is 0.723. The fourth-order valence-electron chi connectivity index (χ4n) is 1.15. The standard InChI is InChI=1S/C8H16N2.HI/c1-3-5-10-7-6-9(4-2)8-10;/h6-7H,3-5,8H2,1-2H3;1H. The molecule has 0 fully saturated rings. The van der Waals surface area contributed by atoms with Crippen LogP contribution in [0.3, 0.4) is 0 Å². The second-order valence-corrected chi connectivity index (χ2v) is 2.66. The minimum absolute atomic E-state index is 0. The Balaban J connectivity index is 0.000001000.